The number of hydrogen-bond donors (Lipinski definition) is 1. The molecule has 0 unspecified atom stereocenters. The Morgan fingerprint density at radius 1 is 1.12 bits per heavy atom. The molecule has 0 spiro atoms. The molecule has 1 aliphatic heterocycles. The Balaban J connectivity index is 1.64. The fraction of sp³-hybridized carbons (Fsp3) is 0.294. The summed E-state index contributed by atoms with van der Waals surface area (Å²) < 4.78 is 32.0. The lowest BCUT2D eigenvalue weighted by molar-refractivity contribution is 0.122. The number of nitrogens with zero attached hydrogens (tertiary/aromatic N) is 3. The molecule has 1 aromatic carbocycles. The first-order valence-corrected chi connectivity index (χ1v) is 9.49. The number of aryl methyl sites for hydroxylation is 1. The maximum absolute atomic E-state index is 12.1. The SMILES string of the molecule is Cc1ccc(/C=C/S(=O)(=O)Nc2cnc(N3CCOCC3)nc2)cc1. The summed E-state index contributed by atoms with van der Waals surface area (Å²) in [5.41, 5.74) is 2.26. The standard InChI is InChI=1S/C17H20N4O3S/c1-14-2-4-15(5-3-14)6-11-25(22,23)20-16-12-18-17(19-13-16)21-7-9-24-10-8-21/h2-6,11-13,20H,7-10H2,1H3/b11-6+. The van der Waals surface area contributed by atoms with Gasteiger partial charge in [0.05, 0.1) is 36.7 Å². The summed E-state index contributed by atoms with van der Waals surface area (Å²) in [6, 6.07) is 7.58. The van der Waals surface area contributed by atoms with Crippen LogP contribution in [0.4, 0.5) is 11.6 Å². The number of ether oxygens (including phenoxy) is 1. The fourth-order valence-electron chi connectivity index (χ4n) is 2.34. The summed E-state index contributed by atoms with van der Waals surface area (Å²) >= 11 is 0. The van der Waals surface area contributed by atoms with E-state index in [0.29, 0.717) is 24.8 Å². The number of sulfonamides is 1. The maximum atomic E-state index is 12.1. The van der Waals surface area contributed by atoms with E-state index in [1.165, 1.54) is 12.4 Å². The predicted octanol–water partition coefficient (Wildman–Crippen LogP) is 2.03. The number of anilines is 2. The molecule has 1 aliphatic rings. The molecule has 0 saturated carbocycles. The number of hydrogen-bond acceptors (Lipinski definition) is 6. The highest BCUT2D eigenvalue weighted by molar-refractivity contribution is 7.95. The first-order valence-electron chi connectivity index (χ1n) is 7.94. The monoisotopic (exact) mass is 360 g/mol. The highest BCUT2D eigenvalue weighted by atomic mass is 32.2. The van der Waals surface area contributed by atoms with E-state index in [0.717, 1.165) is 29.6 Å². The van der Waals surface area contributed by atoms with Crippen molar-refractivity contribution < 1.29 is 13.2 Å². The van der Waals surface area contributed by atoms with Crippen molar-refractivity contribution in [3.8, 4) is 0 Å². The highest BCUT2D eigenvalue weighted by Crippen LogP contribution is 2.14. The number of morpholine rings is 1. The van der Waals surface area contributed by atoms with E-state index in [1.54, 1.807) is 6.08 Å². The Kier molecular flexibility index (Phi) is 5.30. The van der Waals surface area contributed by atoms with Crippen molar-refractivity contribution in [3.63, 3.8) is 0 Å². The van der Waals surface area contributed by atoms with Crippen molar-refractivity contribution in [1.82, 2.24) is 9.97 Å². The largest absolute Gasteiger partial charge is 0.378 e. The summed E-state index contributed by atoms with van der Waals surface area (Å²) in [7, 11) is -3.62. The second-order valence-corrected chi connectivity index (χ2v) is 7.30. The van der Waals surface area contributed by atoms with Crippen molar-refractivity contribution in [1.29, 1.82) is 0 Å². The van der Waals surface area contributed by atoms with Crippen LogP contribution in [0.3, 0.4) is 0 Å². The molecule has 1 fully saturated rings. The Morgan fingerprint density at radius 2 is 1.76 bits per heavy atom. The van der Waals surface area contributed by atoms with Crippen molar-refractivity contribution in [3.05, 3.63) is 53.2 Å². The predicted molar refractivity (Wildman–Crippen MR) is 97.8 cm³/mol. The molecule has 25 heavy (non-hydrogen) atoms. The average molecular weight is 360 g/mol. The third-order valence-electron chi connectivity index (χ3n) is 3.71. The van der Waals surface area contributed by atoms with Crippen LogP contribution >= 0.6 is 0 Å². The van der Waals surface area contributed by atoms with Gasteiger partial charge in [-0.05, 0) is 18.6 Å². The van der Waals surface area contributed by atoms with Gasteiger partial charge < -0.3 is 9.64 Å². The molecular weight excluding hydrogens is 340 g/mol. The molecule has 2 aromatic rings. The van der Waals surface area contributed by atoms with Gasteiger partial charge in [0.1, 0.15) is 0 Å². The highest BCUT2D eigenvalue weighted by Gasteiger charge is 2.14. The Bertz CT molecular complexity index is 827. The summed E-state index contributed by atoms with van der Waals surface area (Å²) in [6.07, 6.45) is 4.48. The molecule has 0 aliphatic carbocycles. The van der Waals surface area contributed by atoms with Crippen LogP contribution in [-0.4, -0.2) is 44.7 Å². The zero-order valence-corrected chi connectivity index (χ0v) is 14.7. The minimum Gasteiger partial charge on any atom is -0.378 e. The van der Waals surface area contributed by atoms with Gasteiger partial charge in [0.25, 0.3) is 10.0 Å². The van der Waals surface area contributed by atoms with E-state index in [9.17, 15) is 8.42 Å². The lowest BCUT2D eigenvalue weighted by Gasteiger charge is -2.26. The van der Waals surface area contributed by atoms with Crippen LogP contribution in [0.15, 0.2) is 42.1 Å². The van der Waals surface area contributed by atoms with Gasteiger partial charge in [0.15, 0.2) is 0 Å². The van der Waals surface area contributed by atoms with E-state index in [-0.39, 0.29) is 0 Å². The first-order chi connectivity index (χ1) is 12.0. The Morgan fingerprint density at radius 3 is 2.40 bits per heavy atom. The van der Waals surface area contributed by atoms with Crippen molar-refractivity contribution >= 4 is 27.7 Å². The van der Waals surface area contributed by atoms with Crippen molar-refractivity contribution in [2.45, 2.75) is 6.92 Å². The second-order valence-electron chi connectivity index (χ2n) is 5.73. The molecule has 7 nitrogen and oxygen atoms in total. The van der Waals surface area contributed by atoms with E-state index in [2.05, 4.69) is 14.7 Å². The van der Waals surface area contributed by atoms with Crippen LogP contribution < -0.4 is 9.62 Å². The Labute approximate surface area is 147 Å². The van der Waals surface area contributed by atoms with Gasteiger partial charge in [-0.3, -0.25) is 4.72 Å². The molecule has 3 rings (SSSR count). The van der Waals surface area contributed by atoms with Crippen molar-refractivity contribution in [2.75, 3.05) is 35.9 Å². The van der Waals surface area contributed by atoms with Crippen LogP contribution in [0.5, 0.6) is 0 Å². The van der Waals surface area contributed by atoms with Gasteiger partial charge in [0.2, 0.25) is 5.95 Å². The maximum Gasteiger partial charge on any atom is 0.255 e. The molecule has 2 heterocycles. The minimum absolute atomic E-state index is 0.325. The van der Waals surface area contributed by atoms with Gasteiger partial charge >= 0.3 is 0 Å². The molecule has 0 amide bonds. The van der Waals surface area contributed by atoms with Crippen LogP contribution in [0, 0.1) is 6.92 Å². The van der Waals surface area contributed by atoms with Gasteiger partial charge in [-0.2, -0.15) is 0 Å². The number of rotatable bonds is 5. The fourth-order valence-corrected chi connectivity index (χ4v) is 3.18. The zero-order valence-electron chi connectivity index (χ0n) is 13.9. The third kappa shape index (κ3) is 5.01. The minimum atomic E-state index is -3.62. The zero-order chi connectivity index (χ0) is 17.7. The smallest absolute Gasteiger partial charge is 0.255 e. The van der Waals surface area contributed by atoms with Crippen LogP contribution in [0.1, 0.15) is 11.1 Å². The molecule has 0 atom stereocenters. The van der Waals surface area contributed by atoms with Crippen molar-refractivity contribution in [2.24, 2.45) is 0 Å². The van der Waals surface area contributed by atoms with Gasteiger partial charge in [-0.25, -0.2) is 18.4 Å². The number of aromatic nitrogens is 2. The third-order valence-corrected chi connectivity index (χ3v) is 4.72. The molecule has 1 saturated heterocycles. The van der Waals surface area contributed by atoms with E-state index < -0.39 is 10.0 Å². The molecule has 0 radical (unpaired) electrons. The lowest BCUT2D eigenvalue weighted by atomic mass is 10.2. The molecule has 1 N–H and O–H groups in total. The molecule has 0 bridgehead atoms. The summed E-state index contributed by atoms with van der Waals surface area (Å²) in [5.74, 6) is 0.571. The van der Waals surface area contributed by atoms with Gasteiger partial charge in [-0.1, -0.05) is 29.8 Å². The van der Waals surface area contributed by atoms with Crippen LogP contribution in [0.25, 0.3) is 6.08 Å². The van der Waals surface area contributed by atoms with Crippen LogP contribution in [-0.2, 0) is 14.8 Å². The molecule has 8 heteroatoms. The van der Waals surface area contributed by atoms with E-state index in [4.69, 9.17) is 4.74 Å². The van der Waals surface area contributed by atoms with E-state index in [1.807, 2.05) is 36.1 Å². The number of benzene rings is 1. The molecule has 132 valence electrons. The average Bonchev–Trinajstić information content (AvgIpc) is 2.62. The van der Waals surface area contributed by atoms with Gasteiger partial charge in [-0.15, -0.1) is 0 Å². The second kappa shape index (κ2) is 7.62. The normalized spacial score (nSPS) is 15.5. The Hall–Kier alpha value is -2.45. The lowest BCUT2D eigenvalue weighted by Crippen LogP contribution is -2.37. The number of nitrogens with one attached hydrogen (secondary N) is 1. The van der Waals surface area contributed by atoms with Gasteiger partial charge in [0, 0.05) is 13.1 Å². The molecular formula is C17H20N4O3S. The summed E-state index contributed by atoms with van der Waals surface area (Å²) in [4.78, 5) is 10.4. The van der Waals surface area contributed by atoms with E-state index >= 15 is 0 Å². The topological polar surface area (TPSA) is 84.4 Å². The quantitative estimate of drug-likeness (QED) is 0.878. The first kappa shape index (κ1) is 17.4. The summed E-state index contributed by atoms with van der Waals surface area (Å²) in [5, 5.41) is 1.13. The van der Waals surface area contributed by atoms with Crippen LogP contribution in [0.2, 0.25) is 0 Å². The summed E-state index contributed by atoms with van der Waals surface area (Å²) in [6.45, 7) is 4.71. The molecule has 1 aromatic heterocycles.